The Morgan fingerprint density at radius 1 is 1.32 bits per heavy atom. The summed E-state index contributed by atoms with van der Waals surface area (Å²) in [4.78, 5) is 0. The predicted molar refractivity (Wildman–Crippen MR) is 82.2 cm³/mol. The van der Waals surface area contributed by atoms with E-state index in [1.165, 1.54) is 0 Å². The van der Waals surface area contributed by atoms with E-state index in [0.717, 1.165) is 17.7 Å². The molecule has 4 nitrogen and oxygen atoms in total. The third-order valence-electron chi connectivity index (χ3n) is 2.60. The molecule has 0 spiro atoms. The van der Waals surface area contributed by atoms with E-state index in [2.05, 4.69) is 10.0 Å². The van der Waals surface area contributed by atoms with Crippen LogP contribution in [-0.2, 0) is 15.8 Å². The Bertz CT molecular complexity index is 477. The topological polar surface area (TPSA) is 58.2 Å². The van der Waals surface area contributed by atoms with Gasteiger partial charge in [-0.2, -0.15) is 0 Å². The number of aryl methyl sites for hydroxylation is 1. The highest BCUT2D eigenvalue weighted by Gasteiger charge is 2.12. The first-order valence-electron chi connectivity index (χ1n) is 6.19. The van der Waals surface area contributed by atoms with Crippen LogP contribution in [0.1, 0.15) is 25.0 Å². The fraction of sp³-hybridized carbons (Fsp3) is 0.538. The maximum atomic E-state index is 11.9. The summed E-state index contributed by atoms with van der Waals surface area (Å²) < 4.78 is 26.4. The molecule has 19 heavy (non-hydrogen) atoms. The van der Waals surface area contributed by atoms with Crippen molar-refractivity contribution in [3.63, 3.8) is 0 Å². The van der Waals surface area contributed by atoms with Crippen LogP contribution in [-0.4, -0.2) is 27.5 Å². The predicted octanol–water partition coefficient (Wildman–Crippen LogP) is 1.83. The molecule has 0 bridgehead atoms. The summed E-state index contributed by atoms with van der Waals surface area (Å²) in [6.07, 6.45) is 0. The number of hydrogen-bond donors (Lipinski definition) is 2. The van der Waals surface area contributed by atoms with Crippen molar-refractivity contribution in [2.24, 2.45) is 0 Å². The van der Waals surface area contributed by atoms with E-state index in [9.17, 15) is 8.42 Å². The van der Waals surface area contributed by atoms with Gasteiger partial charge < -0.3 is 5.32 Å². The lowest BCUT2D eigenvalue weighted by atomic mass is 10.2. The van der Waals surface area contributed by atoms with Crippen LogP contribution in [0.25, 0.3) is 0 Å². The van der Waals surface area contributed by atoms with Gasteiger partial charge in [-0.1, -0.05) is 36.8 Å². The van der Waals surface area contributed by atoms with Gasteiger partial charge >= 0.3 is 0 Å². The number of nitrogens with one attached hydrogen (secondary N) is 2. The largest absolute Gasteiger partial charge is 0.313 e. The molecule has 1 atom stereocenters. The summed E-state index contributed by atoms with van der Waals surface area (Å²) >= 11 is 0. The molecule has 0 fully saturated rings. The molecule has 0 aliphatic rings. The number of benzene rings is 1. The minimum atomic E-state index is -3.25. The van der Waals surface area contributed by atoms with Gasteiger partial charge in [-0.05, 0) is 26.0 Å². The van der Waals surface area contributed by atoms with Gasteiger partial charge in [0.05, 0.1) is 5.75 Å². The smallest absolute Gasteiger partial charge is 0.215 e. The highest BCUT2D eigenvalue weighted by Crippen LogP contribution is 2.07. The second-order valence-electron chi connectivity index (χ2n) is 4.56. The Kier molecular flexibility index (Phi) is 8.25. The van der Waals surface area contributed by atoms with Crippen molar-refractivity contribution in [3.8, 4) is 0 Å². The lowest BCUT2D eigenvalue weighted by Crippen LogP contribution is -2.39. The van der Waals surface area contributed by atoms with Gasteiger partial charge in [-0.15, -0.1) is 12.4 Å². The average molecular weight is 307 g/mol. The SMILES string of the molecule is CCN[C@H](C)CNS(=O)(=O)Cc1cccc(C)c1.Cl. The minimum absolute atomic E-state index is 0. The summed E-state index contributed by atoms with van der Waals surface area (Å²) in [5.41, 5.74) is 1.89. The molecule has 0 saturated carbocycles. The zero-order valence-corrected chi connectivity index (χ0v) is 13.3. The normalized spacial score (nSPS) is 12.8. The Hall–Kier alpha value is -0.620. The van der Waals surface area contributed by atoms with Crippen LogP contribution in [0.2, 0.25) is 0 Å². The molecule has 2 N–H and O–H groups in total. The molecular formula is C13H23ClN2O2S. The fourth-order valence-electron chi connectivity index (χ4n) is 1.74. The molecule has 0 heterocycles. The van der Waals surface area contributed by atoms with Gasteiger partial charge in [0, 0.05) is 12.6 Å². The quantitative estimate of drug-likeness (QED) is 0.808. The van der Waals surface area contributed by atoms with E-state index in [4.69, 9.17) is 0 Å². The van der Waals surface area contributed by atoms with E-state index in [-0.39, 0.29) is 24.2 Å². The second-order valence-corrected chi connectivity index (χ2v) is 6.36. The van der Waals surface area contributed by atoms with E-state index in [0.29, 0.717) is 6.54 Å². The molecule has 0 amide bonds. The molecule has 1 aromatic carbocycles. The van der Waals surface area contributed by atoms with Crippen molar-refractivity contribution in [3.05, 3.63) is 35.4 Å². The number of rotatable bonds is 7. The minimum Gasteiger partial charge on any atom is -0.313 e. The molecule has 6 heteroatoms. The van der Waals surface area contributed by atoms with Crippen molar-refractivity contribution < 1.29 is 8.42 Å². The first kappa shape index (κ1) is 18.4. The van der Waals surface area contributed by atoms with Crippen LogP contribution in [0.15, 0.2) is 24.3 Å². The van der Waals surface area contributed by atoms with E-state index >= 15 is 0 Å². The molecule has 1 rings (SSSR count). The third kappa shape index (κ3) is 7.52. The number of likely N-dealkylation sites (N-methyl/N-ethyl adjacent to an activating group) is 1. The van der Waals surface area contributed by atoms with Gasteiger partial charge in [0.1, 0.15) is 0 Å². The lowest BCUT2D eigenvalue weighted by molar-refractivity contribution is 0.535. The van der Waals surface area contributed by atoms with Gasteiger partial charge in [0.15, 0.2) is 0 Å². The van der Waals surface area contributed by atoms with Crippen molar-refractivity contribution in [2.75, 3.05) is 13.1 Å². The molecule has 0 aromatic heterocycles. The van der Waals surface area contributed by atoms with E-state index < -0.39 is 10.0 Å². The van der Waals surface area contributed by atoms with Crippen molar-refractivity contribution in [2.45, 2.75) is 32.6 Å². The highest BCUT2D eigenvalue weighted by atomic mass is 35.5. The summed E-state index contributed by atoms with van der Waals surface area (Å²) in [7, 11) is -3.25. The molecule has 0 unspecified atom stereocenters. The maximum absolute atomic E-state index is 11.9. The molecule has 0 aliphatic heterocycles. The second kappa shape index (κ2) is 8.53. The number of hydrogen-bond acceptors (Lipinski definition) is 3. The van der Waals surface area contributed by atoms with Crippen molar-refractivity contribution in [1.29, 1.82) is 0 Å². The van der Waals surface area contributed by atoms with Crippen LogP contribution < -0.4 is 10.0 Å². The summed E-state index contributed by atoms with van der Waals surface area (Å²) in [6, 6.07) is 7.70. The fourth-order valence-corrected chi connectivity index (χ4v) is 2.97. The molecule has 1 aromatic rings. The van der Waals surface area contributed by atoms with Crippen LogP contribution in [0.3, 0.4) is 0 Å². The lowest BCUT2D eigenvalue weighted by Gasteiger charge is -2.13. The Balaban J connectivity index is 0.00000324. The Morgan fingerprint density at radius 3 is 2.58 bits per heavy atom. The van der Waals surface area contributed by atoms with Crippen molar-refractivity contribution >= 4 is 22.4 Å². The van der Waals surface area contributed by atoms with Gasteiger partial charge in [-0.25, -0.2) is 13.1 Å². The first-order valence-corrected chi connectivity index (χ1v) is 7.84. The van der Waals surface area contributed by atoms with Crippen LogP contribution in [0, 0.1) is 6.92 Å². The summed E-state index contributed by atoms with van der Waals surface area (Å²) in [5, 5.41) is 3.16. The Morgan fingerprint density at radius 2 is 2.00 bits per heavy atom. The Labute approximate surface area is 122 Å². The first-order chi connectivity index (χ1) is 8.43. The molecule has 0 radical (unpaired) electrons. The highest BCUT2D eigenvalue weighted by molar-refractivity contribution is 7.88. The molecule has 0 saturated heterocycles. The summed E-state index contributed by atoms with van der Waals surface area (Å²) in [5.74, 6) is 0.0352. The zero-order chi connectivity index (χ0) is 13.6. The standard InChI is InChI=1S/C13H22N2O2S.ClH/c1-4-14-12(3)9-15-18(16,17)10-13-7-5-6-11(2)8-13;/h5-8,12,14-15H,4,9-10H2,1-3H3;1H/t12-;/m1./s1. The maximum Gasteiger partial charge on any atom is 0.215 e. The summed E-state index contributed by atoms with van der Waals surface area (Å²) in [6.45, 7) is 7.16. The van der Waals surface area contributed by atoms with Crippen LogP contribution >= 0.6 is 12.4 Å². The van der Waals surface area contributed by atoms with E-state index in [1.54, 1.807) is 0 Å². The van der Waals surface area contributed by atoms with Gasteiger partial charge in [0.2, 0.25) is 10.0 Å². The average Bonchev–Trinajstić information content (AvgIpc) is 2.26. The van der Waals surface area contributed by atoms with Crippen LogP contribution in [0.4, 0.5) is 0 Å². The monoisotopic (exact) mass is 306 g/mol. The number of halogens is 1. The van der Waals surface area contributed by atoms with Gasteiger partial charge in [-0.3, -0.25) is 0 Å². The zero-order valence-electron chi connectivity index (χ0n) is 11.6. The van der Waals surface area contributed by atoms with Crippen molar-refractivity contribution in [1.82, 2.24) is 10.0 Å². The van der Waals surface area contributed by atoms with Crippen LogP contribution in [0.5, 0.6) is 0 Å². The molecule has 110 valence electrons. The molecule has 0 aliphatic carbocycles. The van der Waals surface area contributed by atoms with E-state index in [1.807, 2.05) is 45.0 Å². The van der Waals surface area contributed by atoms with Gasteiger partial charge in [0.25, 0.3) is 0 Å². The number of sulfonamides is 1. The molecular weight excluding hydrogens is 284 g/mol. The third-order valence-corrected chi connectivity index (χ3v) is 3.92.